The molecule has 0 atom stereocenters. The van der Waals surface area contributed by atoms with Crippen LogP contribution in [0.25, 0.3) is 0 Å². The molecular formula is C6H14Cl2O2Si. The summed E-state index contributed by atoms with van der Waals surface area (Å²) < 4.78 is 10.8. The fraction of sp³-hybridized carbons (Fsp3) is 1.00. The van der Waals surface area contributed by atoms with E-state index in [4.69, 9.17) is 32.1 Å². The second kappa shape index (κ2) is 6.26. The van der Waals surface area contributed by atoms with Gasteiger partial charge in [0.05, 0.1) is 0 Å². The molecule has 0 amide bonds. The van der Waals surface area contributed by atoms with Crippen LogP contribution in [0.4, 0.5) is 0 Å². The Kier molecular flexibility index (Phi) is 6.66. The summed E-state index contributed by atoms with van der Waals surface area (Å²) in [5.74, 6) is 1.03. The predicted molar refractivity (Wildman–Crippen MR) is 50.8 cm³/mol. The Morgan fingerprint density at radius 3 is 1.64 bits per heavy atom. The molecule has 2 nitrogen and oxygen atoms in total. The first kappa shape index (κ1) is 11.7. The summed E-state index contributed by atoms with van der Waals surface area (Å²) in [4.78, 5) is 0. The van der Waals surface area contributed by atoms with Gasteiger partial charge in [-0.3, -0.25) is 0 Å². The van der Waals surface area contributed by atoms with Crippen molar-refractivity contribution in [3.63, 3.8) is 0 Å². The van der Waals surface area contributed by atoms with Crippen molar-refractivity contribution < 1.29 is 8.85 Å². The maximum Gasteiger partial charge on any atom is 0.331 e. The summed E-state index contributed by atoms with van der Waals surface area (Å²) in [7, 11) is -1.91. The van der Waals surface area contributed by atoms with Crippen LogP contribution in [0.2, 0.25) is 13.1 Å². The summed E-state index contributed by atoms with van der Waals surface area (Å²) in [6, 6.07) is 0. The minimum absolute atomic E-state index is 0.515. The Labute approximate surface area is 79.0 Å². The number of rotatable bonds is 6. The van der Waals surface area contributed by atoms with Gasteiger partial charge in [0.2, 0.25) is 0 Å². The third kappa shape index (κ3) is 7.09. The molecule has 0 spiro atoms. The normalized spacial score (nSPS) is 12.0. The zero-order valence-electron chi connectivity index (χ0n) is 6.90. The summed E-state index contributed by atoms with van der Waals surface area (Å²) >= 11 is 10.9. The minimum Gasteiger partial charge on any atom is -0.393 e. The molecule has 0 aromatic rings. The molecule has 0 bridgehead atoms. The Hall–Kier alpha value is 0.717. The lowest BCUT2D eigenvalue weighted by molar-refractivity contribution is 0.198. The number of alkyl halides is 2. The van der Waals surface area contributed by atoms with E-state index in [-0.39, 0.29) is 0 Å². The Balaban J connectivity index is 3.43. The second-order valence-electron chi connectivity index (χ2n) is 2.47. The van der Waals surface area contributed by atoms with Gasteiger partial charge in [-0.2, -0.15) is 0 Å². The van der Waals surface area contributed by atoms with E-state index in [1.165, 1.54) is 0 Å². The fourth-order valence-corrected chi connectivity index (χ4v) is 2.29. The topological polar surface area (TPSA) is 18.5 Å². The van der Waals surface area contributed by atoms with Crippen molar-refractivity contribution in [3.05, 3.63) is 0 Å². The van der Waals surface area contributed by atoms with E-state index in [1.54, 1.807) is 0 Å². The Bertz CT molecular complexity index is 90.6. The van der Waals surface area contributed by atoms with Crippen molar-refractivity contribution >= 4 is 31.8 Å². The number of halogens is 2. The standard InChI is InChI=1S/C6H14Cl2O2Si/c1-11(2,9-5-3-7)10-6-4-8/h3-6H2,1-2H3. The Morgan fingerprint density at radius 1 is 1.00 bits per heavy atom. The van der Waals surface area contributed by atoms with Crippen LogP contribution in [-0.2, 0) is 8.85 Å². The smallest absolute Gasteiger partial charge is 0.331 e. The zero-order valence-corrected chi connectivity index (χ0v) is 9.41. The first-order valence-corrected chi connectivity index (χ1v) is 7.41. The van der Waals surface area contributed by atoms with Crippen molar-refractivity contribution in [2.75, 3.05) is 25.0 Å². The Morgan fingerprint density at radius 2 is 1.36 bits per heavy atom. The van der Waals surface area contributed by atoms with Gasteiger partial charge >= 0.3 is 8.56 Å². The molecule has 0 heterocycles. The van der Waals surface area contributed by atoms with Crippen molar-refractivity contribution in [2.45, 2.75) is 13.1 Å². The van der Waals surface area contributed by atoms with Crippen LogP contribution in [0, 0.1) is 0 Å². The molecule has 0 aromatic heterocycles. The summed E-state index contributed by atoms with van der Waals surface area (Å²) in [5, 5.41) is 0. The summed E-state index contributed by atoms with van der Waals surface area (Å²) in [6.07, 6.45) is 0. The molecule has 0 N–H and O–H groups in total. The lowest BCUT2D eigenvalue weighted by atomic mass is 10.9. The van der Waals surface area contributed by atoms with Crippen molar-refractivity contribution in [2.24, 2.45) is 0 Å². The highest BCUT2D eigenvalue weighted by atomic mass is 35.5. The van der Waals surface area contributed by atoms with Crippen LogP contribution in [0.1, 0.15) is 0 Å². The SMILES string of the molecule is C[Si](C)(OCCCl)OCCCl. The lowest BCUT2D eigenvalue weighted by Crippen LogP contribution is -2.36. The predicted octanol–water partition coefficient (Wildman–Crippen LogP) is 2.20. The van der Waals surface area contributed by atoms with E-state index in [0.717, 1.165) is 0 Å². The van der Waals surface area contributed by atoms with Crippen molar-refractivity contribution in [1.29, 1.82) is 0 Å². The fourth-order valence-electron chi connectivity index (χ4n) is 0.610. The third-order valence-electron chi connectivity index (χ3n) is 1.05. The van der Waals surface area contributed by atoms with Crippen LogP contribution in [0.15, 0.2) is 0 Å². The van der Waals surface area contributed by atoms with Gasteiger partial charge in [-0.05, 0) is 13.1 Å². The molecule has 0 fully saturated rings. The molecule has 11 heavy (non-hydrogen) atoms. The lowest BCUT2D eigenvalue weighted by Gasteiger charge is -2.21. The monoisotopic (exact) mass is 216 g/mol. The van der Waals surface area contributed by atoms with E-state index >= 15 is 0 Å². The summed E-state index contributed by atoms with van der Waals surface area (Å²) in [6.45, 7) is 5.07. The van der Waals surface area contributed by atoms with E-state index in [1.807, 2.05) is 13.1 Å². The molecular weight excluding hydrogens is 203 g/mol. The van der Waals surface area contributed by atoms with Crippen molar-refractivity contribution in [1.82, 2.24) is 0 Å². The van der Waals surface area contributed by atoms with Crippen LogP contribution in [0.3, 0.4) is 0 Å². The molecule has 0 saturated heterocycles. The molecule has 0 radical (unpaired) electrons. The summed E-state index contributed by atoms with van der Waals surface area (Å²) in [5.41, 5.74) is 0. The van der Waals surface area contributed by atoms with Gasteiger partial charge in [0.25, 0.3) is 0 Å². The van der Waals surface area contributed by atoms with Crippen LogP contribution in [-0.4, -0.2) is 33.5 Å². The highest BCUT2D eigenvalue weighted by Gasteiger charge is 2.23. The molecule has 0 aliphatic rings. The van der Waals surface area contributed by atoms with Crippen LogP contribution in [0.5, 0.6) is 0 Å². The maximum absolute atomic E-state index is 5.46. The molecule has 0 unspecified atom stereocenters. The van der Waals surface area contributed by atoms with E-state index in [2.05, 4.69) is 0 Å². The molecule has 0 aliphatic heterocycles. The van der Waals surface area contributed by atoms with Gasteiger partial charge < -0.3 is 8.85 Å². The zero-order chi connectivity index (χ0) is 8.74. The molecule has 0 rings (SSSR count). The van der Waals surface area contributed by atoms with E-state index in [9.17, 15) is 0 Å². The minimum atomic E-state index is -1.91. The number of hydrogen-bond donors (Lipinski definition) is 0. The third-order valence-corrected chi connectivity index (χ3v) is 3.16. The first-order chi connectivity index (χ1) is 5.12. The van der Waals surface area contributed by atoms with Gasteiger partial charge in [0, 0.05) is 25.0 Å². The molecule has 0 aromatic carbocycles. The van der Waals surface area contributed by atoms with Gasteiger partial charge in [0.1, 0.15) is 0 Å². The average molecular weight is 217 g/mol. The second-order valence-corrected chi connectivity index (χ2v) is 6.61. The van der Waals surface area contributed by atoms with Gasteiger partial charge in [-0.25, -0.2) is 0 Å². The molecule has 68 valence electrons. The molecule has 0 saturated carbocycles. The number of hydrogen-bond acceptors (Lipinski definition) is 2. The largest absolute Gasteiger partial charge is 0.393 e. The van der Waals surface area contributed by atoms with Gasteiger partial charge in [-0.15, -0.1) is 23.2 Å². The van der Waals surface area contributed by atoms with Crippen molar-refractivity contribution in [3.8, 4) is 0 Å². The van der Waals surface area contributed by atoms with Crippen LogP contribution >= 0.6 is 23.2 Å². The van der Waals surface area contributed by atoms with E-state index in [0.29, 0.717) is 25.0 Å². The highest BCUT2D eigenvalue weighted by Crippen LogP contribution is 2.06. The van der Waals surface area contributed by atoms with Gasteiger partial charge in [0.15, 0.2) is 0 Å². The molecule has 5 heteroatoms. The molecule has 0 aliphatic carbocycles. The maximum atomic E-state index is 5.46. The quantitative estimate of drug-likeness (QED) is 0.501. The highest BCUT2D eigenvalue weighted by molar-refractivity contribution is 6.64. The van der Waals surface area contributed by atoms with Crippen LogP contribution < -0.4 is 0 Å². The van der Waals surface area contributed by atoms with Gasteiger partial charge in [-0.1, -0.05) is 0 Å². The van der Waals surface area contributed by atoms with E-state index < -0.39 is 8.56 Å². The average Bonchev–Trinajstić information content (AvgIpc) is 1.97. The first-order valence-electron chi connectivity index (χ1n) is 3.52.